The number of hydrogen-bond acceptors (Lipinski definition) is 13. The van der Waals surface area contributed by atoms with E-state index in [2.05, 4.69) is 275 Å². The smallest absolute Gasteiger partial charge is 0.115 e. The molecule has 6 fully saturated rings. The number of aliphatic hydroxyl groups excluding tert-OH is 1. The van der Waals surface area contributed by atoms with Gasteiger partial charge in [-0.1, -0.05) is 181 Å². The van der Waals surface area contributed by atoms with Crippen LogP contribution in [0.2, 0.25) is 0 Å². The molecule has 0 aromatic heterocycles. The molecule has 19 N–H and O–H groups in total. The van der Waals surface area contributed by atoms with E-state index in [1.54, 1.807) is 0 Å². The highest BCUT2D eigenvalue weighted by atomic mass is 79.9. The van der Waals surface area contributed by atoms with E-state index in [0.717, 1.165) is 197 Å². The normalized spacial score (nSPS) is 22.8. The second-order valence-corrected chi connectivity index (χ2v) is 39.1. The molecule has 12 rings (SSSR count). The van der Waals surface area contributed by atoms with Crippen LogP contribution in [0.3, 0.4) is 0 Å². The maximum atomic E-state index is 13.4. The second-order valence-electron chi connectivity index (χ2n) is 28.5. The topological polar surface area (TPSA) is 249 Å². The van der Waals surface area contributed by atoms with Crippen molar-refractivity contribution in [2.75, 3.05) is 34.4 Å². The fourth-order valence-corrected chi connectivity index (χ4v) is 22.1. The van der Waals surface area contributed by atoms with Crippen LogP contribution < -0.4 is 66.3 Å². The fourth-order valence-electron chi connectivity index (χ4n) is 14.2. The zero-order valence-electron chi connectivity index (χ0n) is 58.7. The lowest BCUT2D eigenvalue weighted by atomic mass is 10.1. The number of nitrogen functional groups attached to an aromatic ring is 6. The minimum absolute atomic E-state index is 0. The average Bonchev–Trinajstić information content (AvgIpc) is 1.26. The number of alkyl halides is 1. The summed E-state index contributed by atoms with van der Waals surface area (Å²) < 4.78 is 25.3. The van der Waals surface area contributed by atoms with Gasteiger partial charge in [-0.2, -0.15) is 0 Å². The van der Waals surface area contributed by atoms with Crippen molar-refractivity contribution in [2.24, 2.45) is 23.7 Å². The number of rotatable bonds is 18. The van der Waals surface area contributed by atoms with Crippen molar-refractivity contribution >= 4 is 225 Å². The molecule has 6 saturated carbocycles. The highest BCUT2D eigenvalue weighted by Crippen LogP contribution is 2.37. The van der Waals surface area contributed by atoms with Crippen LogP contribution in [0.4, 0.5) is 38.5 Å². The second kappa shape index (κ2) is 53.1. The summed E-state index contributed by atoms with van der Waals surface area (Å²) in [5.74, 6) is 3.29. The molecule has 6 aliphatic rings. The standard InChI is InChI=1S/4C13H18Br2N2.C12H15Br2FN2.C12H16Br2N2O.6CH4/c2*1-8-2-3-11(4-8)17-7-9-5-10(14)6-12(15)13(9)16;2*1-8-3-2-4-12(8)17-7-9-5-10(14)6-11(15)13(9)16;13-8-4-7(12(16)9(14)5-8)6-17-11-3-1-2-10(11)15;13-8-4-7(12(15)9(14)5-8)6-16-10-2-1-3-11(10)17;;;;;;/h2*5-6,8,11,17H,2-4,7,16H2,1H3;2*5-6,8,12,17H,2-4,7,16H2,1H3;4-5,10-11,17H,1-3,6,16H2;4-5,10-11,16-17H,1-3,6,15H2;6*1H4/t8-,11+;8-,11-;8-,12+;8-,12-;10-,11-;10?,11-;;;;;;/m010000....../s1. The lowest BCUT2D eigenvalue weighted by molar-refractivity contribution is 0.148. The molecule has 0 bridgehead atoms. The Balaban J connectivity index is 0.000000641. The van der Waals surface area contributed by atoms with Crippen LogP contribution in [0, 0.1) is 23.7 Å². The molecule has 6 aromatic carbocycles. The lowest BCUT2D eigenvalue weighted by Gasteiger charge is -2.18. The van der Waals surface area contributed by atoms with Gasteiger partial charge >= 0.3 is 0 Å². The molecule has 0 saturated heterocycles. The first-order valence-electron chi connectivity index (χ1n) is 35.6. The molecule has 0 aliphatic heterocycles. The first-order valence-corrected chi connectivity index (χ1v) is 45.1. The van der Waals surface area contributed by atoms with Crippen LogP contribution in [0.5, 0.6) is 0 Å². The maximum Gasteiger partial charge on any atom is 0.115 e. The third-order valence-electron chi connectivity index (χ3n) is 20.5. The minimum Gasteiger partial charge on any atom is -0.398 e. The zero-order chi connectivity index (χ0) is 74.5. The van der Waals surface area contributed by atoms with Crippen molar-refractivity contribution in [2.45, 2.75) is 276 Å². The first kappa shape index (κ1) is 106. The summed E-state index contributed by atoms with van der Waals surface area (Å²) in [5.41, 5.74) is 47.7. The van der Waals surface area contributed by atoms with Gasteiger partial charge in [0.05, 0.1) is 40.2 Å². The molecule has 108 heavy (non-hydrogen) atoms. The van der Waals surface area contributed by atoms with Crippen molar-refractivity contribution in [3.05, 3.63) is 160 Å². The van der Waals surface area contributed by atoms with Gasteiger partial charge in [-0.3, -0.25) is 0 Å². The summed E-state index contributed by atoms with van der Waals surface area (Å²) in [6.45, 7) is 14.0. The van der Waals surface area contributed by atoms with Crippen LogP contribution >= 0.6 is 191 Å². The quantitative estimate of drug-likeness (QED) is 0.0358. The Kier molecular flexibility index (Phi) is 51.9. The summed E-state index contributed by atoms with van der Waals surface area (Å²) in [4.78, 5) is 0. The van der Waals surface area contributed by atoms with Gasteiger partial charge < -0.3 is 71.4 Å². The number of aliphatic hydroxyl groups is 1. The van der Waals surface area contributed by atoms with Gasteiger partial charge in [0.2, 0.25) is 0 Å². The molecule has 12 atom stereocenters. The molecule has 0 heterocycles. The molecule has 0 amide bonds. The summed E-state index contributed by atoms with van der Waals surface area (Å²) in [5, 5.41) is 30.8. The van der Waals surface area contributed by atoms with Crippen LogP contribution in [0.25, 0.3) is 0 Å². The Hall–Kier alpha value is -0.470. The number of nitrogens with one attached hydrogen (secondary N) is 6. The van der Waals surface area contributed by atoms with E-state index >= 15 is 0 Å². The molecular weight excluding hydrogens is 2150 g/mol. The highest BCUT2D eigenvalue weighted by Gasteiger charge is 2.29. The maximum absolute atomic E-state index is 13.4. The predicted octanol–water partition coefficient (Wildman–Crippen LogP) is 26.7. The molecule has 6 aliphatic carbocycles. The van der Waals surface area contributed by atoms with Gasteiger partial charge in [-0.25, -0.2) is 4.39 Å². The Morgan fingerprint density at radius 1 is 0.306 bits per heavy atom. The van der Waals surface area contributed by atoms with Gasteiger partial charge in [-0.15, -0.1) is 0 Å². The molecular formula is C82H127Br12FN12O. The zero-order valence-corrected chi connectivity index (χ0v) is 77.7. The number of halogens is 13. The summed E-state index contributed by atoms with van der Waals surface area (Å²) in [7, 11) is 0. The molecule has 6 aromatic rings. The van der Waals surface area contributed by atoms with Crippen LogP contribution in [0.15, 0.2) is 126 Å². The Labute approximate surface area is 751 Å². The van der Waals surface area contributed by atoms with Crippen molar-refractivity contribution in [3.8, 4) is 0 Å². The van der Waals surface area contributed by atoms with Gasteiger partial charge in [0, 0.05) is 129 Å². The molecule has 0 spiro atoms. The lowest BCUT2D eigenvalue weighted by Crippen LogP contribution is -2.35. The third kappa shape index (κ3) is 34.2. The van der Waals surface area contributed by atoms with Gasteiger partial charge in [-0.05, 0) is 328 Å². The largest absolute Gasteiger partial charge is 0.398 e. The molecule has 26 heteroatoms. The van der Waals surface area contributed by atoms with E-state index in [4.69, 9.17) is 34.4 Å². The third-order valence-corrected chi connectivity index (χ3v) is 27.2. The van der Waals surface area contributed by atoms with Gasteiger partial charge in [0.25, 0.3) is 0 Å². The van der Waals surface area contributed by atoms with E-state index < -0.39 is 6.17 Å². The molecule has 0 radical (unpaired) electrons. The predicted molar refractivity (Wildman–Crippen MR) is 512 cm³/mol. The van der Waals surface area contributed by atoms with E-state index in [1.807, 2.05) is 48.5 Å². The number of hydrogen-bond donors (Lipinski definition) is 13. The average molecular weight is 2270 g/mol. The molecule has 13 nitrogen and oxygen atoms in total. The number of nitrogens with two attached hydrogens (primary N) is 6. The summed E-state index contributed by atoms with van der Waals surface area (Å²) in [6, 6.07) is 26.9. The summed E-state index contributed by atoms with van der Waals surface area (Å²) >= 11 is 41.6. The van der Waals surface area contributed by atoms with Gasteiger partial charge in [0.1, 0.15) is 6.17 Å². The fraction of sp³-hybridized carbons (Fsp3) is 0.561. The Morgan fingerprint density at radius 2 is 0.537 bits per heavy atom. The van der Waals surface area contributed by atoms with E-state index in [0.29, 0.717) is 49.4 Å². The monoisotopic (exact) mass is 2260 g/mol. The van der Waals surface area contributed by atoms with Gasteiger partial charge in [0.15, 0.2) is 0 Å². The van der Waals surface area contributed by atoms with E-state index in [9.17, 15) is 9.50 Å². The number of benzene rings is 6. The van der Waals surface area contributed by atoms with Crippen LogP contribution in [-0.2, 0) is 39.3 Å². The van der Waals surface area contributed by atoms with Crippen molar-refractivity contribution in [1.82, 2.24) is 31.9 Å². The highest BCUT2D eigenvalue weighted by molar-refractivity contribution is 9.12. The summed E-state index contributed by atoms with van der Waals surface area (Å²) in [6.07, 6.45) is 20.4. The van der Waals surface area contributed by atoms with E-state index in [1.165, 1.54) is 77.0 Å². The van der Waals surface area contributed by atoms with Crippen LogP contribution in [0.1, 0.15) is 221 Å². The first-order chi connectivity index (χ1) is 48.4. The SMILES string of the molecule is C.C.C.C.C.C.C[C@@H]1CC[C@@H](NCc2cc(Br)cc(Br)c2N)C1.C[C@H]1CCC[C@@H]1NCc1cc(Br)cc(Br)c1N.C[C@H]1CCC[C@H]1NCc1cc(Br)cc(Br)c1N.C[C@H]1CC[C@@H](NCc2cc(Br)cc(Br)c2N)C1.Nc1c(Br)cc(Br)cc1CNC1CCC[C@@H]1O.Nc1c(Br)cc(Br)cc1CN[C@H]1CCC[C@@H]1F. The molecule has 612 valence electrons. The minimum atomic E-state index is -0.716. The Bertz CT molecular complexity index is 3270. The molecule has 1 unspecified atom stereocenters. The Morgan fingerprint density at radius 3 is 0.759 bits per heavy atom. The van der Waals surface area contributed by atoms with Crippen molar-refractivity contribution < 1.29 is 9.50 Å². The number of anilines is 6. The van der Waals surface area contributed by atoms with Crippen LogP contribution in [-0.4, -0.2) is 53.6 Å². The van der Waals surface area contributed by atoms with E-state index in [-0.39, 0.29) is 62.7 Å². The van der Waals surface area contributed by atoms with Crippen molar-refractivity contribution in [3.63, 3.8) is 0 Å². The van der Waals surface area contributed by atoms with Crippen molar-refractivity contribution in [1.29, 1.82) is 0 Å².